The highest BCUT2D eigenvalue weighted by molar-refractivity contribution is 5.89. The zero-order chi connectivity index (χ0) is 20.0. The van der Waals surface area contributed by atoms with E-state index in [1.54, 1.807) is 36.4 Å². The van der Waals surface area contributed by atoms with Gasteiger partial charge < -0.3 is 19.5 Å². The SMILES string of the molecule is CCOc1cc(N(C)c2cccc(C(=O)O)c2)ccc1OC(=O)CC(C)C. The molecule has 6 nitrogen and oxygen atoms in total. The van der Waals surface area contributed by atoms with E-state index in [0.717, 1.165) is 11.4 Å². The Morgan fingerprint density at radius 1 is 1.07 bits per heavy atom. The van der Waals surface area contributed by atoms with Gasteiger partial charge in [0.1, 0.15) is 0 Å². The molecule has 27 heavy (non-hydrogen) atoms. The fourth-order valence-corrected chi connectivity index (χ4v) is 2.55. The van der Waals surface area contributed by atoms with Crippen LogP contribution in [-0.4, -0.2) is 30.7 Å². The maximum absolute atomic E-state index is 12.0. The molecule has 2 aromatic carbocycles. The smallest absolute Gasteiger partial charge is 0.335 e. The van der Waals surface area contributed by atoms with Gasteiger partial charge in [0.25, 0.3) is 0 Å². The molecule has 0 spiro atoms. The molecular weight excluding hydrogens is 346 g/mol. The molecule has 1 N–H and O–H groups in total. The summed E-state index contributed by atoms with van der Waals surface area (Å²) in [5.41, 5.74) is 1.72. The van der Waals surface area contributed by atoms with E-state index >= 15 is 0 Å². The fourth-order valence-electron chi connectivity index (χ4n) is 2.55. The number of nitrogens with zero attached hydrogens (tertiary/aromatic N) is 1. The molecule has 6 heteroatoms. The molecular formula is C21H25NO5. The average Bonchev–Trinajstić information content (AvgIpc) is 2.62. The first-order valence-corrected chi connectivity index (χ1v) is 8.86. The van der Waals surface area contributed by atoms with Gasteiger partial charge in [-0.1, -0.05) is 19.9 Å². The summed E-state index contributed by atoms with van der Waals surface area (Å²) in [5, 5.41) is 9.17. The van der Waals surface area contributed by atoms with E-state index in [2.05, 4.69) is 0 Å². The maximum Gasteiger partial charge on any atom is 0.335 e. The molecule has 0 heterocycles. The quantitative estimate of drug-likeness (QED) is 0.544. The minimum absolute atomic E-state index is 0.208. The Morgan fingerprint density at radius 3 is 2.41 bits per heavy atom. The number of carboxylic acids is 1. The lowest BCUT2D eigenvalue weighted by molar-refractivity contribution is -0.135. The van der Waals surface area contributed by atoms with Crippen LogP contribution in [0, 0.1) is 5.92 Å². The fraction of sp³-hybridized carbons (Fsp3) is 0.333. The van der Waals surface area contributed by atoms with Crippen LogP contribution in [0.3, 0.4) is 0 Å². The minimum Gasteiger partial charge on any atom is -0.490 e. The van der Waals surface area contributed by atoms with Crippen LogP contribution in [-0.2, 0) is 4.79 Å². The Labute approximate surface area is 159 Å². The van der Waals surface area contributed by atoms with Gasteiger partial charge >= 0.3 is 11.9 Å². The van der Waals surface area contributed by atoms with Gasteiger partial charge in [-0.3, -0.25) is 4.79 Å². The van der Waals surface area contributed by atoms with Crippen LogP contribution in [0.2, 0.25) is 0 Å². The zero-order valence-electron chi connectivity index (χ0n) is 16.1. The van der Waals surface area contributed by atoms with Crippen molar-refractivity contribution in [3.05, 3.63) is 48.0 Å². The van der Waals surface area contributed by atoms with Crippen LogP contribution in [0.5, 0.6) is 11.5 Å². The van der Waals surface area contributed by atoms with Gasteiger partial charge in [0.05, 0.1) is 12.2 Å². The van der Waals surface area contributed by atoms with Crippen LogP contribution < -0.4 is 14.4 Å². The Hall–Kier alpha value is -3.02. The molecule has 0 aliphatic rings. The number of benzene rings is 2. The molecule has 2 rings (SSSR count). The normalized spacial score (nSPS) is 10.6. The summed E-state index contributed by atoms with van der Waals surface area (Å²) >= 11 is 0. The van der Waals surface area contributed by atoms with Crippen molar-refractivity contribution in [3.8, 4) is 11.5 Å². The van der Waals surface area contributed by atoms with Gasteiger partial charge in [-0.2, -0.15) is 0 Å². The van der Waals surface area contributed by atoms with Crippen molar-refractivity contribution >= 4 is 23.3 Å². The predicted molar refractivity (Wildman–Crippen MR) is 104 cm³/mol. The number of ether oxygens (including phenoxy) is 2. The van der Waals surface area contributed by atoms with Crippen LogP contribution in [0.25, 0.3) is 0 Å². The standard InChI is InChI=1S/C21H25NO5/c1-5-26-19-13-17(9-10-18(19)27-20(23)11-14(2)3)22(4)16-8-6-7-15(12-16)21(24)25/h6-10,12-14H,5,11H2,1-4H3,(H,24,25). The molecule has 0 amide bonds. The van der Waals surface area contributed by atoms with E-state index in [-0.39, 0.29) is 17.5 Å². The van der Waals surface area contributed by atoms with Crippen LogP contribution in [0.15, 0.2) is 42.5 Å². The van der Waals surface area contributed by atoms with Crippen LogP contribution >= 0.6 is 0 Å². The number of hydrogen-bond acceptors (Lipinski definition) is 5. The van der Waals surface area contributed by atoms with Crippen molar-refractivity contribution in [3.63, 3.8) is 0 Å². The molecule has 0 fully saturated rings. The lowest BCUT2D eigenvalue weighted by Crippen LogP contribution is -2.13. The average molecular weight is 371 g/mol. The Balaban J connectivity index is 2.29. The molecule has 0 unspecified atom stereocenters. The molecule has 0 bridgehead atoms. The first kappa shape index (κ1) is 20.3. The molecule has 0 aliphatic heterocycles. The maximum atomic E-state index is 12.0. The van der Waals surface area contributed by atoms with Gasteiger partial charge in [0.2, 0.25) is 0 Å². The molecule has 2 aromatic rings. The van der Waals surface area contributed by atoms with Crippen molar-refractivity contribution in [2.24, 2.45) is 5.92 Å². The second-order valence-corrected chi connectivity index (χ2v) is 6.55. The molecule has 0 radical (unpaired) electrons. The third-order valence-corrected chi connectivity index (χ3v) is 3.89. The summed E-state index contributed by atoms with van der Waals surface area (Å²) in [5.74, 6) is -0.235. The van der Waals surface area contributed by atoms with Crippen LogP contribution in [0.1, 0.15) is 37.6 Å². The molecule has 144 valence electrons. The second-order valence-electron chi connectivity index (χ2n) is 6.55. The topological polar surface area (TPSA) is 76.1 Å². The van der Waals surface area contributed by atoms with Gasteiger partial charge in [0, 0.05) is 30.9 Å². The molecule has 0 aliphatic carbocycles. The highest BCUT2D eigenvalue weighted by Gasteiger charge is 2.15. The van der Waals surface area contributed by atoms with Crippen LogP contribution in [0.4, 0.5) is 11.4 Å². The molecule has 0 saturated carbocycles. The second kappa shape index (κ2) is 9.07. The Morgan fingerprint density at radius 2 is 1.78 bits per heavy atom. The number of hydrogen-bond donors (Lipinski definition) is 1. The number of carboxylic acid groups (broad SMARTS) is 1. The van der Waals surface area contributed by atoms with Gasteiger partial charge in [-0.25, -0.2) is 4.79 Å². The Bertz CT molecular complexity index is 816. The number of carbonyl (C=O) groups is 2. The summed E-state index contributed by atoms with van der Waals surface area (Å²) in [6, 6.07) is 11.9. The first-order chi connectivity index (χ1) is 12.8. The van der Waals surface area contributed by atoms with E-state index in [4.69, 9.17) is 9.47 Å². The van der Waals surface area contributed by atoms with E-state index < -0.39 is 5.97 Å². The van der Waals surface area contributed by atoms with E-state index in [1.165, 1.54) is 0 Å². The summed E-state index contributed by atoms with van der Waals surface area (Å²) in [7, 11) is 1.83. The van der Waals surface area contributed by atoms with E-state index in [0.29, 0.717) is 24.5 Å². The molecule has 0 saturated heterocycles. The van der Waals surface area contributed by atoms with Crippen molar-refractivity contribution in [1.82, 2.24) is 0 Å². The van der Waals surface area contributed by atoms with Crippen molar-refractivity contribution in [2.75, 3.05) is 18.6 Å². The number of anilines is 2. The summed E-state index contributed by atoms with van der Waals surface area (Å²) in [6.45, 7) is 6.19. The van der Waals surface area contributed by atoms with Gasteiger partial charge in [-0.05, 0) is 43.2 Å². The highest BCUT2D eigenvalue weighted by Crippen LogP contribution is 2.34. The van der Waals surface area contributed by atoms with Gasteiger partial charge in [-0.15, -0.1) is 0 Å². The number of carbonyl (C=O) groups excluding carboxylic acids is 1. The number of rotatable bonds is 8. The van der Waals surface area contributed by atoms with Gasteiger partial charge in [0.15, 0.2) is 11.5 Å². The third kappa shape index (κ3) is 5.48. The molecule has 0 atom stereocenters. The third-order valence-electron chi connectivity index (χ3n) is 3.89. The zero-order valence-corrected chi connectivity index (χ0v) is 16.1. The summed E-state index contributed by atoms with van der Waals surface area (Å²) in [4.78, 5) is 25.0. The largest absolute Gasteiger partial charge is 0.490 e. The number of esters is 1. The minimum atomic E-state index is -0.979. The summed E-state index contributed by atoms with van der Waals surface area (Å²) in [6.07, 6.45) is 0.329. The summed E-state index contributed by atoms with van der Waals surface area (Å²) < 4.78 is 11.1. The highest BCUT2D eigenvalue weighted by atomic mass is 16.6. The van der Waals surface area contributed by atoms with E-state index in [9.17, 15) is 14.7 Å². The first-order valence-electron chi connectivity index (χ1n) is 8.86. The Kier molecular flexibility index (Phi) is 6.82. The lowest BCUT2D eigenvalue weighted by atomic mass is 10.1. The number of aromatic carboxylic acids is 1. The monoisotopic (exact) mass is 371 g/mol. The molecule has 0 aromatic heterocycles. The predicted octanol–water partition coefficient (Wildman–Crippen LogP) is 4.50. The van der Waals surface area contributed by atoms with Crippen molar-refractivity contribution < 1.29 is 24.2 Å². The van der Waals surface area contributed by atoms with E-state index in [1.807, 2.05) is 38.8 Å². The van der Waals surface area contributed by atoms with Crippen molar-refractivity contribution in [2.45, 2.75) is 27.2 Å². The van der Waals surface area contributed by atoms with Crippen molar-refractivity contribution in [1.29, 1.82) is 0 Å². The lowest BCUT2D eigenvalue weighted by Gasteiger charge is -2.21.